The van der Waals surface area contributed by atoms with Gasteiger partial charge in [0.15, 0.2) is 5.69 Å². The minimum Gasteiger partial charge on any atom is -0.0677 e. The number of benzene rings is 2. The molecule has 4 rings (SSSR count). The molecule has 1 amide bonds. The molecule has 1 saturated heterocycles. The molecule has 0 aliphatic carbocycles. The van der Waals surface area contributed by atoms with Gasteiger partial charge in [0.2, 0.25) is 0 Å². The maximum Gasteiger partial charge on any atom is -0.0562 e. The van der Waals surface area contributed by atoms with E-state index >= 15 is 0 Å². The van der Waals surface area contributed by atoms with E-state index in [2.05, 4.69) is 54.7 Å². The first-order valence-corrected chi connectivity index (χ1v) is 25.2. The number of hydrogen-bond acceptors (Lipinski definition) is 5. The third-order valence-electron chi connectivity index (χ3n) is 7.19. The predicted molar refractivity (Wildman–Crippen MR) is 159 cm³/mol. The predicted octanol–water partition coefficient (Wildman–Crippen LogP) is 3.99. The van der Waals surface area contributed by atoms with E-state index in [1.54, 1.807) is 24.7 Å². The molecular weight excluding hydrogens is 617 g/mol. The smallest absolute Gasteiger partial charge is 0.0562 e. The molecule has 206 valence electrons. The van der Waals surface area contributed by atoms with Crippen LogP contribution in [-0.2, 0) is 27.7 Å². The molecule has 3 aromatic rings. The number of rotatable bonds is 9. The molecule has 0 spiro atoms. The van der Waals surface area contributed by atoms with Crippen LogP contribution in [0.25, 0.3) is 4.85 Å². The van der Waals surface area contributed by atoms with Gasteiger partial charge < -0.3 is 0 Å². The van der Waals surface area contributed by atoms with Crippen molar-refractivity contribution in [2.75, 3.05) is 30.0 Å². The Morgan fingerprint density at radius 1 is 1.10 bits per heavy atom. The van der Waals surface area contributed by atoms with Crippen molar-refractivity contribution in [3.63, 3.8) is 0 Å². The largest absolute Gasteiger partial charge is 0.0677 e. The van der Waals surface area contributed by atoms with Gasteiger partial charge >= 0.3 is 196 Å². The summed E-state index contributed by atoms with van der Waals surface area (Å²) in [6, 6.07) is 13.9. The van der Waals surface area contributed by atoms with Crippen LogP contribution in [0.3, 0.4) is 0 Å². The monoisotopic (exact) mass is 655 g/mol. The number of anilines is 1. The van der Waals surface area contributed by atoms with Crippen molar-refractivity contribution in [3.05, 3.63) is 83.2 Å². The maximum atomic E-state index is 13.5. The van der Waals surface area contributed by atoms with Gasteiger partial charge in [0.05, 0.1) is 6.57 Å². The van der Waals surface area contributed by atoms with Crippen molar-refractivity contribution in [2.45, 2.75) is 47.3 Å². The third-order valence-corrected chi connectivity index (χ3v) is 13.9. The van der Waals surface area contributed by atoms with E-state index in [0.717, 1.165) is 22.5 Å². The standard InChI is InChI=1S/C26H28N5O3S.3CH3.Sn/c1-20-5-4-6-23(13-20)31-17-24(11-12-35(3,33)34)29(18-26(31)32)16-25-14-28-19-30(25)15-21-7-9-22(27-2)10-8-21;;;;/h5-10,13-14,19,24H,11-12,15-18H2,1,3H3;3*1H3;/t24-;;;;/m0..../s1. The average molecular weight is 654 g/mol. The van der Waals surface area contributed by atoms with Crippen molar-refractivity contribution < 1.29 is 13.2 Å². The fourth-order valence-electron chi connectivity index (χ4n) is 4.93. The molecule has 1 aliphatic rings. The van der Waals surface area contributed by atoms with Crippen LogP contribution in [0.1, 0.15) is 23.2 Å². The number of carbonyl (C=O) groups is 1. The summed E-state index contributed by atoms with van der Waals surface area (Å²) in [6.07, 6.45) is 5.29. The Morgan fingerprint density at radius 3 is 2.46 bits per heavy atom. The molecule has 0 saturated carbocycles. The van der Waals surface area contributed by atoms with Gasteiger partial charge in [-0.05, 0) is 0 Å². The summed E-state index contributed by atoms with van der Waals surface area (Å²) in [5, 5.41) is 0. The van der Waals surface area contributed by atoms with E-state index < -0.39 is 28.2 Å². The third kappa shape index (κ3) is 7.71. The van der Waals surface area contributed by atoms with Gasteiger partial charge in [0, 0.05) is 0 Å². The zero-order valence-corrected chi connectivity index (χ0v) is 27.1. The van der Waals surface area contributed by atoms with E-state index in [1.807, 2.05) is 21.6 Å². The molecule has 1 aliphatic heterocycles. The van der Waals surface area contributed by atoms with E-state index in [9.17, 15) is 13.2 Å². The van der Waals surface area contributed by atoms with Crippen LogP contribution in [0.2, 0.25) is 14.8 Å². The molecule has 0 unspecified atom stereocenters. The number of hydrogen-bond donors (Lipinski definition) is 0. The van der Waals surface area contributed by atoms with Crippen LogP contribution in [0.4, 0.5) is 11.4 Å². The Bertz CT molecular complexity index is 1490. The normalized spacial score (nSPS) is 16.9. The molecule has 1 atom stereocenters. The first-order valence-electron chi connectivity index (χ1n) is 13.1. The van der Waals surface area contributed by atoms with Crippen LogP contribution >= 0.6 is 0 Å². The van der Waals surface area contributed by atoms with Gasteiger partial charge in [-0.3, -0.25) is 0 Å². The second-order valence-electron chi connectivity index (χ2n) is 11.6. The topological polar surface area (TPSA) is 79.9 Å². The van der Waals surface area contributed by atoms with E-state index in [-0.39, 0.29) is 24.2 Å². The van der Waals surface area contributed by atoms with E-state index in [0.29, 0.717) is 31.7 Å². The molecule has 2 heterocycles. The Balaban J connectivity index is 1.58. The quantitative estimate of drug-likeness (QED) is 0.258. The second-order valence-corrected chi connectivity index (χ2v) is 28.3. The van der Waals surface area contributed by atoms with Gasteiger partial charge in [-0.25, -0.2) is 4.85 Å². The number of nitrogens with zero attached hydrogens (tertiary/aromatic N) is 5. The van der Waals surface area contributed by atoms with Gasteiger partial charge in [0.25, 0.3) is 0 Å². The van der Waals surface area contributed by atoms with Crippen molar-refractivity contribution in [1.82, 2.24) is 14.5 Å². The minimum atomic E-state index is -3.15. The van der Waals surface area contributed by atoms with Gasteiger partial charge in [0.1, 0.15) is 0 Å². The van der Waals surface area contributed by atoms with Crippen LogP contribution in [0.15, 0.2) is 55.0 Å². The van der Waals surface area contributed by atoms with Crippen LogP contribution < -0.4 is 8.48 Å². The maximum absolute atomic E-state index is 13.5. The number of piperazine rings is 1. The number of aryl methyl sites for hydroxylation is 1. The molecule has 8 nitrogen and oxygen atoms in total. The van der Waals surface area contributed by atoms with Crippen molar-refractivity contribution in [1.29, 1.82) is 0 Å². The summed E-state index contributed by atoms with van der Waals surface area (Å²) in [6.45, 7) is 11.0. The molecule has 39 heavy (non-hydrogen) atoms. The summed E-state index contributed by atoms with van der Waals surface area (Å²) >= 11 is -2.38. The van der Waals surface area contributed by atoms with Gasteiger partial charge in [-0.1, -0.05) is 24.3 Å². The molecule has 2 aromatic carbocycles. The molecular formula is C29H37N5O3SSn. The SMILES string of the molecule is [C-]#[N+]c1ccc(Cn2cncc2CN2CC(=O)N(c3cc(C)c[c]([Sn]([CH3])([CH3])[CH3])c3)C[C@@H]2CCS(C)(=O)=O)cc1. The second kappa shape index (κ2) is 11.8. The Morgan fingerprint density at radius 2 is 1.82 bits per heavy atom. The first-order chi connectivity index (χ1) is 18.3. The fourth-order valence-corrected chi connectivity index (χ4v) is 9.17. The molecule has 0 bridgehead atoms. The summed E-state index contributed by atoms with van der Waals surface area (Å²) < 4.78 is 27.6. The van der Waals surface area contributed by atoms with Gasteiger partial charge in [-0.2, -0.15) is 0 Å². The summed E-state index contributed by atoms with van der Waals surface area (Å²) in [5.41, 5.74) is 4.66. The Labute approximate surface area is 236 Å². The van der Waals surface area contributed by atoms with E-state index in [4.69, 9.17) is 6.57 Å². The number of aromatic nitrogens is 2. The van der Waals surface area contributed by atoms with Crippen molar-refractivity contribution >= 4 is 49.1 Å². The van der Waals surface area contributed by atoms with Crippen LogP contribution in [0.5, 0.6) is 0 Å². The zero-order chi connectivity index (χ0) is 28.4. The first kappa shape index (κ1) is 29.3. The molecule has 0 radical (unpaired) electrons. The van der Waals surface area contributed by atoms with Crippen molar-refractivity contribution in [3.8, 4) is 0 Å². The number of amides is 1. The minimum absolute atomic E-state index is 0.0204. The van der Waals surface area contributed by atoms with E-state index in [1.165, 1.54) is 9.84 Å². The Hall–Kier alpha value is -2.68. The summed E-state index contributed by atoms with van der Waals surface area (Å²) in [4.78, 5) is 32.4. The van der Waals surface area contributed by atoms with Gasteiger partial charge in [-0.15, -0.1) is 0 Å². The number of sulfone groups is 1. The molecule has 1 aromatic heterocycles. The Kier molecular flexibility index (Phi) is 8.88. The average Bonchev–Trinajstić information content (AvgIpc) is 3.28. The molecule has 0 N–H and O–H groups in total. The zero-order valence-electron chi connectivity index (χ0n) is 23.4. The van der Waals surface area contributed by atoms with Crippen LogP contribution in [0, 0.1) is 13.5 Å². The fraction of sp³-hybridized carbons (Fsp3) is 0.414. The summed E-state index contributed by atoms with van der Waals surface area (Å²) in [5.74, 6) is 0.0902. The summed E-state index contributed by atoms with van der Waals surface area (Å²) in [7, 11) is -3.15. The number of imidazole rings is 1. The van der Waals surface area contributed by atoms with Crippen LogP contribution in [-0.4, -0.2) is 78.3 Å². The molecule has 10 heteroatoms. The number of carbonyl (C=O) groups excluding carboxylic acids is 1. The molecule has 1 fully saturated rings. The van der Waals surface area contributed by atoms with Crippen molar-refractivity contribution in [2.24, 2.45) is 0 Å².